The molecule has 3 aromatic rings. The summed E-state index contributed by atoms with van der Waals surface area (Å²) in [6, 6.07) is 7.53. The van der Waals surface area contributed by atoms with E-state index in [2.05, 4.69) is 31.0 Å². The molecule has 0 aliphatic carbocycles. The summed E-state index contributed by atoms with van der Waals surface area (Å²) < 4.78 is 8.63. The highest BCUT2D eigenvalue weighted by Crippen LogP contribution is 2.34. The van der Waals surface area contributed by atoms with E-state index in [1.807, 2.05) is 45.0 Å². The standard InChI is InChI=1S/C15H16BrN5O/c1-15(2,3)21-13-11(12(17)18-8-19-13)14(20-21)22-10-6-4-5-9(16)7-10/h4-8H,1-3H3,(H2,17,18,19). The van der Waals surface area contributed by atoms with Gasteiger partial charge in [-0.1, -0.05) is 22.0 Å². The first-order chi connectivity index (χ1) is 10.4. The molecule has 0 spiro atoms. The van der Waals surface area contributed by atoms with Gasteiger partial charge in [-0.25, -0.2) is 14.6 Å². The summed E-state index contributed by atoms with van der Waals surface area (Å²) in [4.78, 5) is 8.35. The van der Waals surface area contributed by atoms with Crippen LogP contribution in [0.5, 0.6) is 11.6 Å². The van der Waals surface area contributed by atoms with Crippen molar-refractivity contribution in [1.82, 2.24) is 19.7 Å². The number of hydrogen-bond donors (Lipinski definition) is 1. The number of aromatic nitrogens is 4. The molecule has 2 aromatic heterocycles. The molecule has 0 amide bonds. The third-order valence-corrected chi connectivity index (χ3v) is 3.60. The minimum Gasteiger partial charge on any atom is -0.437 e. The zero-order valence-electron chi connectivity index (χ0n) is 12.5. The maximum Gasteiger partial charge on any atom is 0.251 e. The van der Waals surface area contributed by atoms with E-state index in [1.54, 1.807) is 4.68 Å². The average Bonchev–Trinajstić information content (AvgIpc) is 2.79. The summed E-state index contributed by atoms with van der Waals surface area (Å²) in [6.07, 6.45) is 1.43. The lowest BCUT2D eigenvalue weighted by Gasteiger charge is -2.19. The van der Waals surface area contributed by atoms with E-state index >= 15 is 0 Å². The third-order valence-electron chi connectivity index (χ3n) is 3.11. The van der Waals surface area contributed by atoms with Gasteiger partial charge in [0.05, 0.1) is 5.54 Å². The zero-order chi connectivity index (χ0) is 15.9. The lowest BCUT2D eigenvalue weighted by molar-refractivity contribution is 0.349. The minimum absolute atomic E-state index is 0.252. The lowest BCUT2D eigenvalue weighted by atomic mass is 10.1. The van der Waals surface area contributed by atoms with Gasteiger partial charge < -0.3 is 10.5 Å². The molecule has 6 nitrogen and oxygen atoms in total. The Labute approximate surface area is 136 Å². The van der Waals surface area contributed by atoms with E-state index in [0.29, 0.717) is 28.5 Å². The van der Waals surface area contributed by atoms with Gasteiger partial charge in [-0.3, -0.25) is 0 Å². The zero-order valence-corrected chi connectivity index (χ0v) is 14.1. The van der Waals surface area contributed by atoms with Crippen LogP contribution in [0.25, 0.3) is 11.0 Å². The van der Waals surface area contributed by atoms with Crippen LogP contribution in [0.2, 0.25) is 0 Å². The van der Waals surface area contributed by atoms with Crippen LogP contribution in [-0.4, -0.2) is 19.7 Å². The number of nitrogen functional groups attached to an aromatic ring is 1. The fourth-order valence-electron chi connectivity index (χ4n) is 2.12. The summed E-state index contributed by atoms with van der Waals surface area (Å²) >= 11 is 3.42. The molecule has 0 atom stereocenters. The van der Waals surface area contributed by atoms with Gasteiger partial charge in [0, 0.05) is 4.47 Å². The van der Waals surface area contributed by atoms with E-state index in [4.69, 9.17) is 10.5 Å². The monoisotopic (exact) mass is 361 g/mol. The molecule has 0 aliphatic rings. The van der Waals surface area contributed by atoms with E-state index in [-0.39, 0.29) is 5.54 Å². The van der Waals surface area contributed by atoms with Gasteiger partial charge in [0.25, 0.3) is 5.88 Å². The molecular formula is C15H16BrN5O. The van der Waals surface area contributed by atoms with Gasteiger partial charge in [0.1, 0.15) is 23.3 Å². The van der Waals surface area contributed by atoms with E-state index in [0.717, 1.165) is 4.47 Å². The van der Waals surface area contributed by atoms with Crippen LogP contribution in [0, 0.1) is 0 Å². The normalized spacial score (nSPS) is 11.8. The molecular weight excluding hydrogens is 346 g/mol. The molecule has 1 aromatic carbocycles. The quantitative estimate of drug-likeness (QED) is 0.752. The number of hydrogen-bond acceptors (Lipinski definition) is 5. The second-order valence-corrected chi connectivity index (χ2v) is 6.82. The number of halogens is 1. The van der Waals surface area contributed by atoms with Crippen molar-refractivity contribution in [3.8, 4) is 11.6 Å². The fraction of sp³-hybridized carbons (Fsp3) is 0.267. The second-order valence-electron chi connectivity index (χ2n) is 5.90. The van der Waals surface area contributed by atoms with Crippen molar-refractivity contribution in [1.29, 1.82) is 0 Å². The highest BCUT2D eigenvalue weighted by molar-refractivity contribution is 9.10. The molecule has 0 saturated heterocycles. The highest BCUT2D eigenvalue weighted by atomic mass is 79.9. The topological polar surface area (TPSA) is 78.9 Å². The maximum atomic E-state index is 6.00. The van der Waals surface area contributed by atoms with Crippen LogP contribution < -0.4 is 10.5 Å². The molecule has 0 bridgehead atoms. The predicted octanol–water partition coefficient (Wildman–Crippen LogP) is 3.72. The SMILES string of the molecule is CC(C)(C)n1nc(Oc2cccc(Br)c2)c2c(N)ncnc21. The third kappa shape index (κ3) is 2.64. The smallest absolute Gasteiger partial charge is 0.251 e. The summed E-state index contributed by atoms with van der Waals surface area (Å²) in [5.41, 5.74) is 6.41. The van der Waals surface area contributed by atoms with Gasteiger partial charge in [-0.2, -0.15) is 0 Å². The fourth-order valence-corrected chi connectivity index (χ4v) is 2.50. The van der Waals surface area contributed by atoms with E-state index < -0.39 is 0 Å². The van der Waals surface area contributed by atoms with Crippen LogP contribution in [0.15, 0.2) is 35.1 Å². The molecule has 114 valence electrons. The summed E-state index contributed by atoms with van der Waals surface area (Å²) in [6.45, 7) is 6.13. The van der Waals surface area contributed by atoms with Crippen LogP contribution in [0.3, 0.4) is 0 Å². The number of nitrogens with zero attached hydrogens (tertiary/aromatic N) is 4. The molecule has 0 aliphatic heterocycles. The number of ether oxygens (including phenoxy) is 1. The Balaban J connectivity index is 2.17. The van der Waals surface area contributed by atoms with Crippen molar-refractivity contribution in [2.45, 2.75) is 26.3 Å². The Bertz CT molecular complexity index is 838. The highest BCUT2D eigenvalue weighted by Gasteiger charge is 2.24. The molecule has 7 heteroatoms. The van der Waals surface area contributed by atoms with Crippen molar-refractivity contribution < 1.29 is 4.74 Å². The van der Waals surface area contributed by atoms with Crippen molar-refractivity contribution in [3.63, 3.8) is 0 Å². The van der Waals surface area contributed by atoms with Crippen LogP contribution in [0.4, 0.5) is 5.82 Å². The first-order valence-electron chi connectivity index (χ1n) is 6.79. The molecule has 0 fully saturated rings. The second kappa shape index (κ2) is 5.24. The predicted molar refractivity (Wildman–Crippen MR) is 88.9 cm³/mol. The molecule has 3 rings (SSSR count). The maximum absolute atomic E-state index is 6.00. The molecule has 22 heavy (non-hydrogen) atoms. The lowest BCUT2D eigenvalue weighted by Crippen LogP contribution is -2.23. The number of fused-ring (bicyclic) bond motifs is 1. The molecule has 2 N–H and O–H groups in total. The Hall–Kier alpha value is -2.15. The van der Waals surface area contributed by atoms with Gasteiger partial charge in [0.15, 0.2) is 5.65 Å². The van der Waals surface area contributed by atoms with Crippen LogP contribution >= 0.6 is 15.9 Å². The van der Waals surface area contributed by atoms with E-state index in [1.165, 1.54) is 6.33 Å². The van der Waals surface area contributed by atoms with E-state index in [9.17, 15) is 0 Å². The van der Waals surface area contributed by atoms with Gasteiger partial charge in [-0.05, 0) is 39.0 Å². The first kappa shape index (κ1) is 14.8. The minimum atomic E-state index is -0.252. The number of nitrogens with two attached hydrogens (primary N) is 1. The first-order valence-corrected chi connectivity index (χ1v) is 7.58. The van der Waals surface area contributed by atoms with Crippen molar-refractivity contribution in [2.75, 3.05) is 5.73 Å². The largest absolute Gasteiger partial charge is 0.437 e. The summed E-state index contributed by atoms with van der Waals surface area (Å²) in [5.74, 6) is 1.42. The molecule has 2 heterocycles. The summed E-state index contributed by atoms with van der Waals surface area (Å²) in [7, 11) is 0. The number of rotatable bonds is 2. The van der Waals surface area contributed by atoms with Gasteiger partial charge in [0.2, 0.25) is 0 Å². The van der Waals surface area contributed by atoms with Gasteiger partial charge in [-0.15, -0.1) is 5.10 Å². The average molecular weight is 362 g/mol. The number of anilines is 1. The molecule has 0 saturated carbocycles. The van der Waals surface area contributed by atoms with Crippen molar-refractivity contribution in [3.05, 3.63) is 35.1 Å². The molecule has 0 radical (unpaired) electrons. The van der Waals surface area contributed by atoms with Crippen molar-refractivity contribution >= 4 is 32.8 Å². The van der Waals surface area contributed by atoms with Crippen LogP contribution in [-0.2, 0) is 5.54 Å². The molecule has 0 unspecified atom stereocenters. The Kier molecular flexibility index (Phi) is 3.52. The Morgan fingerprint density at radius 1 is 1.23 bits per heavy atom. The summed E-state index contributed by atoms with van der Waals surface area (Å²) in [5, 5.41) is 5.17. The van der Waals surface area contributed by atoms with Crippen LogP contribution in [0.1, 0.15) is 20.8 Å². The Morgan fingerprint density at radius 2 is 2.00 bits per heavy atom. The van der Waals surface area contributed by atoms with Crippen molar-refractivity contribution in [2.24, 2.45) is 0 Å². The number of benzene rings is 1. The Morgan fingerprint density at radius 3 is 2.68 bits per heavy atom. The van der Waals surface area contributed by atoms with Gasteiger partial charge >= 0.3 is 0 Å².